The second-order valence-corrected chi connectivity index (χ2v) is 5.89. The summed E-state index contributed by atoms with van der Waals surface area (Å²) in [5.74, 6) is 0. The average Bonchev–Trinajstić information content (AvgIpc) is 2.01. The Morgan fingerprint density at radius 3 is 2.50 bits per heavy atom. The molecule has 0 aromatic carbocycles. The zero-order valence-corrected chi connectivity index (χ0v) is 10.0. The predicted molar refractivity (Wildman–Crippen MR) is 56.3 cm³/mol. The Bertz CT molecular complexity index is 141. The minimum absolute atomic E-state index is 0.0772. The molecule has 0 aliphatic heterocycles. The van der Waals surface area contributed by atoms with Crippen LogP contribution in [0.5, 0.6) is 0 Å². The van der Waals surface area contributed by atoms with Crippen molar-refractivity contribution < 1.29 is 12.6 Å². The van der Waals surface area contributed by atoms with Gasteiger partial charge in [-0.05, 0) is 0 Å². The summed E-state index contributed by atoms with van der Waals surface area (Å²) >= 11 is -2.17. The third kappa shape index (κ3) is 4.89. The van der Waals surface area contributed by atoms with Crippen molar-refractivity contribution in [2.75, 3.05) is 13.7 Å². The Balaban J connectivity index is 3.94. The molecule has 0 amide bonds. The van der Waals surface area contributed by atoms with Crippen molar-refractivity contribution in [3.8, 4) is 0 Å². The maximum atomic E-state index is 11.1. The fourth-order valence-corrected chi connectivity index (χ4v) is 3.30. The van der Waals surface area contributed by atoms with Crippen molar-refractivity contribution in [2.24, 2.45) is 0 Å². The van der Waals surface area contributed by atoms with Gasteiger partial charge in [0, 0.05) is 0 Å². The SMILES string of the molecule is CCNI(OC(C)C)C(=O)OC. The van der Waals surface area contributed by atoms with E-state index in [0.29, 0.717) is 0 Å². The summed E-state index contributed by atoms with van der Waals surface area (Å²) in [6.45, 7) is 6.50. The molecule has 0 saturated carbocycles. The fourth-order valence-electron chi connectivity index (χ4n) is 0.492. The molecule has 5 heteroatoms. The van der Waals surface area contributed by atoms with E-state index in [1.54, 1.807) is 0 Å². The second-order valence-electron chi connectivity index (χ2n) is 2.32. The number of hydrogen-bond donors (Lipinski definition) is 1. The summed E-state index contributed by atoms with van der Waals surface area (Å²) < 4.78 is 12.8. The summed E-state index contributed by atoms with van der Waals surface area (Å²) in [6, 6.07) is 0. The van der Waals surface area contributed by atoms with Gasteiger partial charge in [0.15, 0.2) is 0 Å². The molecule has 0 unspecified atom stereocenters. The van der Waals surface area contributed by atoms with E-state index < -0.39 is 20.5 Å². The molecule has 12 heavy (non-hydrogen) atoms. The van der Waals surface area contributed by atoms with Gasteiger partial charge in [-0.1, -0.05) is 0 Å². The number of carbonyl (C=O) groups is 1. The van der Waals surface area contributed by atoms with Crippen LogP contribution in [-0.4, -0.2) is 23.7 Å². The van der Waals surface area contributed by atoms with Crippen LogP contribution < -0.4 is 3.53 Å². The van der Waals surface area contributed by atoms with Crippen molar-refractivity contribution in [1.82, 2.24) is 3.53 Å². The zero-order chi connectivity index (χ0) is 9.56. The Kier molecular flexibility index (Phi) is 6.68. The molecular weight excluding hydrogens is 273 g/mol. The van der Waals surface area contributed by atoms with Crippen LogP contribution in [0.15, 0.2) is 0 Å². The summed E-state index contributed by atoms with van der Waals surface area (Å²) in [5.41, 5.74) is 0. The number of carbonyl (C=O) groups excluding carboxylic acids is 1. The maximum absolute atomic E-state index is 11.1. The van der Waals surface area contributed by atoms with Gasteiger partial charge in [-0.3, -0.25) is 0 Å². The van der Waals surface area contributed by atoms with Gasteiger partial charge in [-0.2, -0.15) is 0 Å². The van der Waals surface area contributed by atoms with Gasteiger partial charge in [-0.15, -0.1) is 0 Å². The first-order valence-corrected chi connectivity index (χ1v) is 6.84. The molecule has 0 heterocycles. The van der Waals surface area contributed by atoms with E-state index in [4.69, 9.17) is 3.07 Å². The molecule has 0 spiro atoms. The molecule has 0 aromatic heterocycles. The van der Waals surface area contributed by atoms with Crippen molar-refractivity contribution in [2.45, 2.75) is 26.9 Å². The molecule has 0 aromatic rings. The number of ether oxygens (including phenoxy) is 1. The molecule has 0 radical (unpaired) electrons. The topological polar surface area (TPSA) is 47.6 Å². The monoisotopic (exact) mass is 289 g/mol. The molecule has 0 aliphatic carbocycles. The summed E-state index contributed by atoms with van der Waals surface area (Å²) in [7, 11) is 1.38. The quantitative estimate of drug-likeness (QED) is 0.478. The molecule has 4 nitrogen and oxygen atoms in total. The zero-order valence-electron chi connectivity index (χ0n) is 7.89. The van der Waals surface area contributed by atoms with Crippen LogP contribution in [0.4, 0.5) is 4.79 Å². The number of hydrogen-bond acceptors (Lipinski definition) is 4. The third-order valence-corrected chi connectivity index (χ3v) is 5.04. The van der Waals surface area contributed by atoms with E-state index in [1.165, 1.54) is 7.11 Å². The van der Waals surface area contributed by atoms with Gasteiger partial charge < -0.3 is 0 Å². The Morgan fingerprint density at radius 2 is 2.17 bits per heavy atom. The van der Waals surface area contributed by atoms with Gasteiger partial charge in [0.25, 0.3) is 0 Å². The molecular formula is C7H16INO3. The molecule has 74 valence electrons. The number of nitrogens with one attached hydrogen (secondary N) is 1. The first-order valence-electron chi connectivity index (χ1n) is 3.80. The Hall–Kier alpha value is 0.120. The van der Waals surface area contributed by atoms with Crippen molar-refractivity contribution in [1.29, 1.82) is 0 Å². The average molecular weight is 289 g/mol. The van der Waals surface area contributed by atoms with Crippen LogP contribution in [-0.2, 0) is 7.80 Å². The van der Waals surface area contributed by atoms with Gasteiger partial charge in [-0.25, -0.2) is 0 Å². The van der Waals surface area contributed by atoms with Crippen LogP contribution >= 0.6 is 20.5 Å². The summed E-state index contributed by atoms with van der Waals surface area (Å²) in [6.07, 6.45) is 0.0772. The van der Waals surface area contributed by atoms with Gasteiger partial charge in [0.1, 0.15) is 0 Å². The molecule has 0 aliphatic rings. The van der Waals surface area contributed by atoms with Crippen molar-refractivity contribution in [3.05, 3.63) is 0 Å². The second kappa shape index (κ2) is 6.62. The number of halogens is 1. The molecule has 0 fully saturated rings. The normalized spacial score (nSPS) is 11.6. The van der Waals surface area contributed by atoms with E-state index >= 15 is 0 Å². The van der Waals surface area contributed by atoms with E-state index in [1.807, 2.05) is 20.8 Å². The van der Waals surface area contributed by atoms with Gasteiger partial charge >= 0.3 is 81.1 Å². The van der Waals surface area contributed by atoms with Gasteiger partial charge in [0.2, 0.25) is 0 Å². The summed E-state index contributed by atoms with van der Waals surface area (Å²) in [5, 5.41) is 0. The van der Waals surface area contributed by atoms with E-state index in [2.05, 4.69) is 8.27 Å². The van der Waals surface area contributed by atoms with Gasteiger partial charge in [0.05, 0.1) is 0 Å². The van der Waals surface area contributed by atoms with Crippen LogP contribution in [0, 0.1) is 0 Å². The predicted octanol–water partition coefficient (Wildman–Crippen LogP) is 2.12. The van der Waals surface area contributed by atoms with Crippen molar-refractivity contribution in [3.63, 3.8) is 0 Å². The Morgan fingerprint density at radius 1 is 1.58 bits per heavy atom. The first kappa shape index (κ1) is 12.1. The first-order chi connectivity index (χ1) is 5.61. The van der Waals surface area contributed by atoms with Crippen LogP contribution in [0.3, 0.4) is 0 Å². The number of methoxy groups -OCH3 is 1. The van der Waals surface area contributed by atoms with E-state index in [0.717, 1.165) is 6.54 Å². The Labute approximate surface area is 81.3 Å². The molecule has 0 rings (SSSR count). The van der Waals surface area contributed by atoms with Crippen LogP contribution in [0.1, 0.15) is 20.8 Å². The molecule has 0 atom stereocenters. The molecule has 0 saturated heterocycles. The van der Waals surface area contributed by atoms with Crippen molar-refractivity contribution >= 4 is 24.5 Å². The molecule has 0 bridgehead atoms. The molecule has 1 N–H and O–H groups in total. The van der Waals surface area contributed by atoms with Crippen LogP contribution in [0.25, 0.3) is 0 Å². The fraction of sp³-hybridized carbons (Fsp3) is 0.857. The van der Waals surface area contributed by atoms with Crippen LogP contribution in [0.2, 0.25) is 0 Å². The number of rotatable bonds is 5. The standard InChI is InChI=1S/C7H16INO3/c1-5-9-8(7(10)11-4)12-6(2)3/h6,9H,5H2,1-4H3. The minimum atomic E-state index is -2.17. The van der Waals surface area contributed by atoms with E-state index in [-0.39, 0.29) is 10.1 Å². The third-order valence-electron chi connectivity index (χ3n) is 0.823. The summed E-state index contributed by atoms with van der Waals surface area (Å²) in [4.78, 5) is 11.1. The van der Waals surface area contributed by atoms with E-state index in [9.17, 15) is 4.79 Å².